The van der Waals surface area contributed by atoms with E-state index in [1.54, 1.807) is 13.8 Å². The SMILES string of the molecule is Cc1ccccc1CN(Cc1ccccc1C)S(=O)(=O)c1c(C)noc1C. The Balaban J connectivity index is 2.07. The number of sulfonamides is 1. The van der Waals surface area contributed by atoms with Crippen molar-refractivity contribution in [2.75, 3.05) is 0 Å². The minimum absolute atomic E-state index is 0.157. The van der Waals surface area contributed by atoms with Gasteiger partial charge in [-0.2, -0.15) is 4.31 Å². The number of aryl methyl sites for hydroxylation is 4. The van der Waals surface area contributed by atoms with Gasteiger partial charge in [0.15, 0.2) is 5.76 Å². The molecule has 6 heteroatoms. The van der Waals surface area contributed by atoms with Crippen molar-refractivity contribution in [2.24, 2.45) is 0 Å². The highest BCUT2D eigenvalue weighted by Gasteiger charge is 2.31. The Morgan fingerprint density at radius 3 is 1.74 bits per heavy atom. The predicted molar refractivity (Wildman–Crippen MR) is 105 cm³/mol. The standard InChI is InChI=1S/C21H24N2O3S/c1-15-9-5-7-11-19(15)13-23(14-20-12-8-6-10-16(20)2)27(24,25)21-17(3)22-26-18(21)4/h5-12H,13-14H2,1-4H3. The highest BCUT2D eigenvalue weighted by Crippen LogP contribution is 2.27. The van der Waals surface area contributed by atoms with E-state index in [1.807, 2.05) is 62.4 Å². The van der Waals surface area contributed by atoms with E-state index in [4.69, 9.17) is 4.52 Å². The second kappa shape index (κ2) is 7.66. The number of rotatable bonds is 6. The van der Waals surface area contributed by atoms with Gasteiger partial charge in [-0.1, -0.05) is 53.7 Å². The number of hydrogen-bond donors (Lipinski definition) is 0. The van der Waals surface area contributed by atoms with Crippen molar-refractivity contribution in [3.05, 3.63) is 82.2 Å². The van der Waals surface area contributed by atoms with Gasteiger partial charge in [-0.25, -0.2) is 8.42 Å². The fourth-order valence-corrected chi connectivity index (χ4v) is 4.84. The fourth-order valence-electron chi connectivity index (χ4n) is 3.15. The molecule has 0 bridgehead atoms. The molecule has 0 aliphatic carbocycles. The lowest BCUT2D eigenvalue weighted by Crippen LogP contribution is -2.31. The van der Waals surface area contributed by atoms with E-state index in [2.05, 4.69) is 5.16 Å². The molecule has 0 fully saturated rings. The van der Waals surface area contributed by atoms with Crippen LogP contribution in [0.3, 0.4) is 0 Å². The Hall–Kier alpha value is -2.44. The van der Waals surface area contributed by atoms with Crippen LogP contribution in [0.4, 0.5) is 0 Å². The Morgan fingerprint density at radius 1 is 0.852 bits per heavy atom. The number of nitrogens with zero attached hydrogens (tertiary/aromatic N) is 2. The second-order valence-electron chi connectivity index (χ2n) is 6.78. The van der Waals surface area contributed by atoms with Crippen LogP contribution in [0.25, 0.3) is 0 Å². The van der Waals surface area contributed by atoms with Gasteiger partial charge in [0, 0.05) is 13.1 Å². The van der Waals surface area contributed by atoms with Gasteiger partial charge in [0.25, 0.3) is 0 Å². The lowest BCUT2D eigenvalue weighted by molar-refractivity contribution is 0.384. The first-order valence-corrected chi connectivity index (χ1v) is 10.3. The molecule has 0 saturated heterocycles. The number of hydrogen-bond acceptors (Lipinski definition) is 4. The van der Waals surface area contributed by atoms with Crippen molar-refractivity contribution in [1.82, 2.24) is 9.46 Å². The van der Waals surface area contributed by atoms with Gasteiger partial charge >= 0.3 is 0 Å². The molecule has 3 aromatic rings. The molecule has 0 atom stereocenters. The number of aromatic nitrogens is 1. The Morgan fingerprint density at radius 2 is 1.33 bits per heavy atom. The molecule has 0 spiro atoms. The molecular formula is C21H24N2O3S. The van der Waals surface area contributed by atoms with Crippen molar-refractivity contribution >= 4 is 10.0 Å². The van der Waals surface area contributed by atoms with Crippen LogP contribution in [0.2, 0.25) is 0 Å². The summed E-state index contributed by atoms with van der Waals surface area (Å²) in [7, 11) is -3.77. The van der Waals surface area contributed by atoms with E-state index < -0.39 is 10.0 Å². The third-order valence-electron chi connectivity index (χ3n) is 4.78. The molecule has 2 aromatic carbocycles. The summed E-state index contributed by atoms with van der Waals surface area (Å²) in [4.78, 5) is 0.157. The van der Waals surface area contributed by atoms with Gasteiger partial charge in [0.2, 0.25) is 10.0 Å². The maximum atomic E-state index is 13.5. The van der Waals surface area contributed by atoms with E-state index in [0.717, 1.165) is 22.3 Å². The van der Waals surface area contributed by atoms with Crippen LogP contribution < -0.4 is 0 Å². The van der Waals surface area contributed by atoms with E-state index in [-0.39, 0.29) is 18.0 Å². The summed E-state index contributed by atoms with van der Waals surface area (Å²) in [5.74, 6) is 0.312. The topological polar surface area (TPSA) is 63.4 Å². The molecule has 5 nitrogen and oxygen atoms in total. The quantitative estimate of drug-likeness (QED) is 0.636. The van der Waals surface area contributed by atoms with Gasteiger partial charge in [-0.15, -0.1) is 0 Å². The average Bonchev–Trinajstić information content (AvgIpc) is 2.97. The van der Waals surface area contributed by atoms with Crippen molar-refractivity contribution in [3.63, 3.8) is 0 Å². The van der Waals surface area contributed by atoms with Crippen LogP contribution >= 0.6 is 0 Å². The zero-order valence-corrected chi connectivity index (χ0v) is 16.9. The molecule has 0 N–H and O–H groups in total. The maximum absolute atomic E-state index is 13.5. The summed E-state index contributed by atoms with van der Waals surface area (Å²) in [6.45, 7) is 7.84. The highest BCUT2D eigenvalue weighted by molar-refractivity contribution is 7.89. The van der Waals surface area contributed by atoms with Gasteiger partial charge in [-0.3, -0.25) is 0 Å². The molecule has 0 aliphatic heterocycles. The summed E-state index contributed by atoms with van der Waals surface area (Å²) in [6, 6.07) is 15.7. The molecule has 1 heterocycles. The first kappa shape index (κ1) is 19.3. The van der Waals surface area contributed by atoms with Crippen molar-refractivity contribution < 1.29 is 12.9 Å². The molecule has 142 valence electrons. The molecule has 0 aliphatic rings. The normalized spacial score (nSPS) is 11.9. The summed E-state index contributed by atoms with van der Waals surface area (Å²) in [5.41, 5.74) is 4.44. The Labute approximate surface area is 160 Å². The van der Waals surface area contributed by atoms with Crippen LogP contribution in [-0.4, -0.2) is 17.9 Å². The molecular weight excluding hydrogens is 360 g/mol. The average molecular weight is 385 g/mol. The van der Waals surface area contributed by atoms with Crippen LogP contribution in [0.15, 0.2) is 57.9 Å². The molecule has 1 aromatic heterocycles. The summed E-state index contributed by atoms with van der Waals surface area (Å²) in [6.07, 6.45) is 0. The molecule has 0 unspecified atom stereocenters. The lowest BCUT2D eigenvalue weighted by Gasteiger charge is -2.24. The van der Waals surface area contributed by atoms with Gasteiger partial charge in [0.1, 0.15) is 10.6 Å². The highest BCUT2D eigenvalue weighted by atomic mass is 32.2. The molecule has 3 rings (SSSR count). The van der Waals surface area contributed by atoms with Crippen LogP contribution in [0.1, 0.15) is 33.7 Å². The van der Waals surface area contributed by atoms with Crippen LogP contribution in [-0.2, 0) is 23.1 Å². The Bertz CT molecular complexity index is 988. The van der Waals surface area contributed by atoms with Gasteiger partial charge in [0.05, 0.1) is 0 Å². The predicted octanol–water partition coefficient (Wildman–Crippen LogP) is 4.30. The fraction of sp³-hybridized carbons (Fsp3) is 0.286. The van der Waals surface area contributed by atoms with Crippen molar-refractivity contribution in [3.8, 4) is 0 Å². The van der Waals surface area contributed by atoms with E-state index in [1.165, 1.54) is 4.31 Å². The minimum atomic E-state index is -3.77. The number of benzene rings is 2. The van der Waals surface area contributed by atoms with Crippen LogP contribution in [0.5, 0.6) is 0 Å². The van der Waals surface area contributed by atoms with E-state index >= 15 is 0 Å². The van der Waals surface area contributed by atoms with Crippen molar-refractivity contribution in [1.29, 1.82) is 0 Å². The first-order valence-electron chi connectivity index (χ1n) is 8.82. The van der Waals surface area contributed by atoms with E-state index in [9.17, 15) is 8.42 Å². The third kappa shape index (κ3) is 3.96. The second-order valence-corrected chi connectivity index (χ2v) is 8.65. The molecule has 0 radical (unpaired) electrons. The molecule has 0 amide bonds. The first-order chi connectivity index (χ1) is 12.8. The largest absolute Gasteiger partial charge is 0.360 e. The lowest BCUT2D eigenvalue weighted by atomic mass is 10.1. The maximum Gasteiger partial charge on any atom is 0.249 e. The summed E-state index contributed by atoms with van der Waals surface area (Å²) < 4.78 is 33.6. The monoisotopic (exact) mass is 384 g/mol. The Kier molecular flexibility index (Phi) is 5.48. The van der Waals surface area contributed by atoms with Gasteiger partial charge < -0.3 is 4.52 Å². The summed E-state index contributed by atoms with van der Waals surface area (Å²) in [5, 5.41) is 3.83. The van der Waals surface area contributed by atoms with Crippen LogP contribution in [0, 0.1) is 27.7 Å². The molecule has 0 saturated carbocycles. The zero-order valence-electron chi connectivity index (χ0n) is 16.1. The smallest absolute Gasteiger partial charge is 0.249 e. The minimum Gasteiger partial charge on any atom is -0.360 e. The molecule has 27 heavy (non-hydrogen) atoms. The zero-order chi connectivity index (χ0) is 19.6. The van der Waals surface area contributed by atoms with Gasteiger partial charge in [-0.05, 0) is 49.9 Å². The van der Waals surface area contributed by atoms with E-state index in [0.29, 0.717) is 11.5 Å². The third-order valence-corrected chi connectivity index (χ3v) is 6.82. The van der Waals surface area contributed by atoms with Crippen molar-refractivity contribution in [2.45, 2.75) is 45.7 Å². The summed E-state index contributed by atoms with van der Waals surface area (Å²) >= 11 is 0.